The Bertz CT molecular complexity index is 350. The number of rotatable bonds is 8. The number of hydrogen-bond acceptors (Lipinski definition) is 4. The average molecular weight is 330 g/mol. The van der Waals surface area contributed by atoms with Crippen molar-refractivity contribution in [1.82, 2.24) is 10.2 Å². The summed E-state index contributed by atoms with van der Waals surface area (Å²) in [4.78, 5) is 18.9. The molecule has 1 fully saturated rings. The molecule has 1 aliphatic heterocycles. The first-order valence-corrected chi connectivity index (χ1v) is 9.81. The van der Waals surface area contributed by atoms with Crippen LogP contribution in [-0.2, 0) is 9.53 Å². The first-order valence-electron chi connectivity index (χ1n) is 8.41. The number of hydrogen-bond donors (Lipinski definition) is 1. The molecule has 22 heavy (non-hydrogen) atoms. The van der Waals surface area contributed by atoms with E-state index in [2.05, 4.69) is 23.4 Å². The van der Waals surface area contributed by atoms with Crippen molar-refractivity contribution in [3.8, 4) is 0 Å². The van der Waals surface area contributed by atoms with Crippen LogP contribution in [0.25, 0.3) is 0 Å². The van der Waals surface area contributed by atoms with Gasteiger partial charge in [0.25, 0.3) is 0 Å². The zero-order chi connectivity index (χ0) is 16.2. The van der Waals surface area contributed by atoms with Crippen LogP contribution < -0.4 is 5.32 Å². The van der Waals surface area contributed by atoms with Gasteiger partial charge in [-0.25, -0.2) is 0 Å². The molecule has 1 saturated heterocycles. The third-order valence-corrected chi connectivity index (χ3v) is 4.39. The van der Waals surface area contributed by atoms with E-state index < -0.39 is 0 Å². The number of guanidine groups is 1. The fourth-order valence-corrected chi connectivity index (χ4v) is 3.08. The van der Waals surface area contributed by atoms with Crippen LogP contribution in [0.1, 0.15) is 39.5 Å². The summed E-state index contributed by atoms with van der Waals surface area (Å²) < 4.78 is 5.17. The molecule has 1 heterocycles. The summed E-state index contributed by atoms with van der Waals surface area (Å²) >= 11 is 1.88. The molecule has 1 atom stereocenters. The number of nitrogens with zero attached hydrogens (tertiary/aromatic N) is 2. The zero-order valence-corrected chi connectivity index (χ0v) is 15.1. The lowest BCUT2D eigenvalue weighted by atomic mass is 9.98. The molecule has 0 spiro atoms. The van der Waals surface area contributed by atoms with E-state index in [0.717, 1.165) is 51.4 Å². The van der Waals surface area contributed by atoms with Crippen molar-refractivity contribution in [2.45, 2.75) is 39.5 Å². The number of unbranched alkanes of at least 4 members (excludes halogenated alkanes) is 1. The number of esters is 1. The standard InChI is InChI=1S/C16H31N3O2S/c1-4-17-16(18-10-6-7-12-22-3)19-11-8-9-14(13-19)15(20)21-5-2/h14H,4-13H2,1-3H3,(H,17,18). The highest BCUT2D eigenvalue weighted by atomic mass is 32.2. The molecular weight excluding hydrogens is 298 g/mol. The van der Waals surface area contributed by atoms with Gasteiger partial charge in [-0.15, -0.1) is 0 Å². The highest BCUT2D eigenvalue weighted by Gasteiger charge is 2.28. The monoisotopic (exact) mass is 329 g/mol. The van der Waals surface area contributed by atoms with E-state index in [4.69, 9.17) is 9.73 Å². The molecule has 0 radical (unpaired) electrons. The van der Waals surface area contributed by atoms with Crippen molar-refractivity contribution in [3.63, 3.8) is 0 Å². The van der Waals surface area contributed by atoms with E-state index in [-0.39, 0.29) is 11.9 Å². The number of likely N-dealkylation sites (tertiary alicyclic amines) is 1. The summed E-state index contributed by atoms with van der Waals surface area (Å²) in [6.07, 6.45) is 6.39. The van der Waals surface area contributed by atoms with Crippen LogP contribution in [-0.4, -0.2) is 61.6 Å². The van der Waals surface area contributed by atoms with E-state index in [1.54, 1.807) is 0 Å². The molecule has 1 unspecified atom stereocenters. The first kappa shape index (κ1) is 19.1. The maximum absolute atomic E-state index is 11.9. The molecule has 6 heteroatoms. The fourth-order valence-electron chi connectivity index (χ4n) is 2.59. The number of carbonyl (C=O) groups is 1. The summed E-state index contributed by atoms with van der Waals surface area (Å²) in [6, 6.07) is 0. The lowest BCUT2D eigenvalue weighted by Gasteiger charge is -2.34. The van der Waals surface area contributed by atoms with E-state index >= 15 is 0 Å². The van der Waals surface area contributed by atoms with Gasteiger partial charge < -0.3 is 15.0 Å². The van der Waals surface area contributed by atoms with Gasteiger partial charge in [0, 0.05) is 26.2 Å². The van der Waals surface area contributed by atoms with Gasteiger partial charge in [0.05, 0.1) is 12.5 Å². The SMILES string of the molecule is CCNC(=NCCCCSC)N1CCCC(C(=O)OCC)C1. The lowest BCUT2D eigenvalue weighted by molar-refractivity contribution is -0.149. The quantitative estimate of drug-likeness (QED) is 0.321. The van der Waals surface area contributed by atoms with Crippen molar-refractivity contribution in [2.75, 3.05) is 44.8 Å². The van der Waals surface area contributed by atoms with Crippen LogP contribution in [0.15, 0.2) is 4.99 Å². The number of aliphatic imine (C=N–C) groups is 1. The topological polar surface area (TPSA) is 53.9 Å². The second-order valence-corrected chi connectivity index (χ2v) is 6.46. The maximum Gasteiger partial charge on any atom is 0.310 e. The predicted octanol–water partition coefficient (Wildman–Crippen LogP) is 2.37. The Kier molecular flexibility index (Phi) is 10.1. The molecule has 1 aliphatic rings. The van der Waals surface area contributed by atoms with Crippen molar-refractivity contribution < 1.29 is 9.53 Å². The minimum absolute atomic E-state index is 0.0194. The number of piperidine rings is 1. The highest BCUT2D eigenvalue weighted by Crippen LogP contribution is 2.18. The smallest absolute Gasteiger partial charge is 0.310 e. The maximum atomic E-state index is 11.9. The van der Waals surface area contributed by atoms with E-state index in [1.165, 1.54) is 12.2 Å². The number of thioether (sulfide) groups is 1. The third-order valence-electron chi connectivity index (χ3n) is 3.69. The van der Waals surface area contributed by atoms with Gasteiger partial charge >= 0.3 is 5.97 Å². The van der Waals surface area contributed by atoms with Crippen molar-refractivity contribution >= 4 is 23.7 Å². The summed E-state index contributed by atoms with van der Waals surface area (Å²) in [7, 11) is 0. The van der Waals surface area contributed by atoms with Crippen molar-refractivity contribution in [1.29, 1.82) is 0 Å². The van der Waals surface area contributed by atoms with E-state index in [9.17, 15) is 4.79 Å². The molecule has 1 rings (SSSR count). The molecule has 128 valence electrons. The molecule has 1 N–H and O–H groups in total. The lowest BCUT2D eigenvalue weighted by Crippen LogP contribution is -2.48. The average Bonchev–Trinajstić information content (AvgIpc) is 2.54. The van der Waals surface area contributed by atoms with Gasteiger partial charge in [0.1, 0.15) is 0 Å². The van der Waals surface area contributed by atoms with Crippen LogP contribution in [0.2, 0.25) is 0 Å². The summed E-state index contributed by atoms with van der Waals surface area (Å²) in [6.45, 7) is 7.78. The second kappa shape index (κ2) is 11.6. The summed E-state index contributed by atoms with van der Waals surface area (Å²) in [5.74, 6) is 2.05. The molecular formula is C16H31N3O2S. The van der Waals surface area contributed by atoms with E-state index in [0.29, 0.717) is 6.61 Å². The second-order valence-electron chi connectivity index (χ2n) is 5.47. The summed E-state index contributed by atoms with van der Waals surface area (Å²) in [5, 5.41) is 3.35. The first-order chi connectivity index (χ1) is 10.7. The van der Waals surface area contributed by atoms with E-state index in [1.807, 2.05) is 18.7 Å². The highest BCUT2D eigenvalue weighted by molar-refractivity contribution is 7.98. The largest absolute Gasteiger partial charge is 0.466 e. The normalized spacial score (nSPS) is 19.1. The van der Waals surface area contributed by atoms with Crippen LogP contribution >= 0.6 is 11.8 Å². The molecule has 0 saturated carbocycles. The fraction of sp³-hybridized carbons (Fsp3) is 0.875. The van der Waals surface area contributed by atoms with Gasteiger partial charge in [-0.2, -0.15) is 11.8 Å². The minimum atomic E-state index is -0.0666. The Labute approximate surface area is 139 Å². The molecule has 5 nitrogen and oxygen atoms in total. The number of carbonyl (C=O) groups excluding carboxylic acids is 1. The molecule has 0 aliphatic carbocycles. The van der Waals surface area contributed by atoms with Crippen LogP contribution in [0.5, 0.6) is 0 Å². The molecule has 0 aromatic rings. The zero-order valence-electron chi connectivity index (χ0n) is 14.3. The molecule has 0 bridgehead atoms. The van der Waals surface area contributed by atoms with Crippen LogP contribution in [0, 0.1) is 5.92 Å². The minimum Gasteiger partial charge on any atom is -0.466 e. The van der Waals surface area contributed by atoms with Gasteiger partial charge in [0.2, 0.25) is 0 Å². The number of nitrogens with one attached hydrogen (secondary N) is 1. The number of ether oxygens (including phenoxy) is 1. The van der Waals surface area contributed by atoms with Gasteiger partial charge in [0.15, 0.2) is 5.96 Å². The van der Waals surface area contributed by atoms with Crippen molar-refractivity contribution in [3.05, 3.63) is 0 Å². The Hall–Kier alpha value is -0.910. The molecule has 0 aromatic carbocycles. The van der Waals surface area contributed by atoms with Gasteiger partial charge in [-0.3, -0.25) is 9.79 Å². The van der Waals surface area contributed by atoms with Gasteiger partial charge in [-0.1, -0.05) is 0 Å². The Morgan fingerprint density at radius 2 is 2.23 bits per heavy atom. The molecule has 0 aromatic heterocycles. The summed E-state index contributed by atoms with van der Waals surface area (Å²) in [5.41, 5.74) is 0. The predicted molar refractivity (Wildman–Crippen MR) is 94.5 cm³/mol. The van der Waals surface area contributed by atoms with Crippen LogP contribution in [0.4, 0.5) is 0 Å². The molecule has 0 amide bonds. The Morgan fingerprint density at radius 1 is 1.41 bits per heavy atom. The van der Waals surface area contributed by atoms with Gasteiger partial charge in [-0.05, 0) is 51.5 Å². The van der Waals surface area contributed by atoms with Crippen LogP contribution in [0.3, 0.4) is 0 Å². The third kappa shape index (κ3) is 6.90. The Morgan fingerprint density at radius 3 is 2.91 bits per heavy atom. The Balaban J connectivity index is 2.54. The van der Waals surface area contributed by atoms with Crippen molar-refractivity contribution in [2.24, 2.45) is 10.9 Å².